The molecule has 2 heterocycles. The van der Waals surface area contributed by atoms with Crippen molar-refractivity contribution in [3.8, 4) is 11.5 Å². The van der Waals surface area contributed by atoms with Gasteiger partial charge in [0.1, 0.15) is 0 Å². The third-order valence-corrected chi connectivity index (χ3v) is 17.6. The first-order chi connectivity index (χ1) is 34.2. The van der Waals surface area contributed by atoms with Gasteiger partial charge in [0.25, 0.3) is 0 Å². The summed E-state index contributed by atoms with van der Waals surface area (Å²) in [6.07, 6.45) is 16.8. The zero-order valence-electron chi connectivity index (χ0n) is 44.6. The first kappa shape index (κ1) is 57.3. The Bertz CT molecular complexity index is 2520. The van der Waals surface area contributed by atoms with Crippen molar-refractivity contribution in [1.29, 1.82) is 0 Å². The molecule has 2 aliphatic heterocycles. The maximum absolute atomic E-state index is 14.1. The molecule has 0 bridgehead atoms. The number of hydrogen-bond acceptors (Lipinski definition) is 12. The minimum Gasteiger partial charge on any atom is -0.463 e. The van der Waals surface area contributed by atoms with Crippen molar-refractivity contribution in [2.24, 2.45) is 10.8 Å². The van der Waals surface area contributed by atoms with E-state index in [1.807, 2.05) is 111 Å². The highest BCUT2D eigenvalue weighted by atomic mass is 32.2. The van der Waals surface area contributed by atoms with Gasteiger partial charge in [0.15, 0.2) is 42.7 Å². The molecule has 4 aromatic carbocycles. The normalized spacial score (nSPS) is 16.4. The van der Waals surface area contributed by atoms with Gasteiger partial charge in [0.2, 0.25) is 0 Å². The van der Waals surface area contributed by atoms with E-state index in [1.165, 1.54) is 38.5 Å². The second-order valence-corrected chi connectivity index (χ2v) is 24.1. The molecule has 0 aromatic heterocycles. The van der Waals surface area contributed by atoms with Gasteiger partial charge >= 0.3 is 0 Å². The monoisotopic (exact) mass is 1020 g/mol. The molecule has 14 heteroatoms. The molecule has 0 saturated carbocycles. The molecule has 72 heavy (non-hydrogen) atoms. The average Bonchev–Trinajstić information content (AvgIpc) is 3.50. The highest BCUT2D eigenvalue weighted by molar-refractivity contribution is 7.92. The molecule has 0 fully saturated rings. The third-order valence-electron chi connectivity index (χ3n) is 13.6. The quantitative estimate of drug-likeness (QED) is 0.0548. The number of rotatable bonds is 22. The Morgan fingerprint density at radius 1 is 0.542 bits per heavy atom. The summed E-state index contributed by atoms with van der Waals surface area (Å²) < 4.78 is 67.8. The lowest BCUT2D eigenvalue weighted by Crippen LogP contribution is -2.38. The number of unbranched alkanes of at least 4 members (excludes halogenated alkanes) is 4. The van der Waals surface area contributed by atoms with Crippen LogP contribution < -0.4 is 29.1 Å². The molecular weight excluding hydrogens is 945 g/mol. The number of ketones is 2. The van der Waals surface area contributed by atoms with Crippen LogP contribution in [0.4, 0.5) is 34.1 Å². The Hall–Kier alpha value is -5.60. The molecule has 2 aliphatic rings. The van der Waals surface area contributed by atoms with Crippen LogP contribution in [-0.2, 0) is 29.3 Å². The Kier molecular flexibility index (Phi) is 20.6. The number of sulfone groups is 2. The van der Waals surface area contributed by atoms with Crippen molar-refractivity contribution in [3.05, 3.63) is 110 Å². The minimum atomic E-state index is -3.63. The van der Waals surface area contributed by atoms with Crippen LogP contribution in [0.15, 0.2) is 119 Å². The van der Waals surface area contributed by atoms with Gasteiger partial charge in [-0.1, -0.05) is 115 Å². The van der Waals surface area contributed by atoms with Crippen LogP contribution in [-0.4, -0.2) is 81.2 Å². The van der Waals surface area contributed by atoms with E-state index in [9.17, 15) is 26.4 Å². The van der Waals surface area contributed by atoms with Gasteiger partial charge in [0.05, 0.1) is 56.6 Å². The SMILES string of the molecule is CCCCC1(CCCC)CN(c2ccccc2)c2cc(N(C)C)c(O/C=C/C(C)=O)cc2S(=O)(=O)C1.CCCCC1(CCCC)CN(c2ccccc2)c2cc(N(C)C)c(O/C=C\C(C)=O)cc2S(=O)(=O)C1. The highest BCUT2D eigenvalue weighted by Crippen LogP contribution is 2.50. The predicted octanol–water partition coefficient (Wildman–Crippen LogP) is 13.1. The third kappa shape index (κ3) is 14.8. The second-order valence-electron chi connectivity index (χ2n) is 20.2. The van der Waals surface area contributed by atoms with E-state index in [-0.39, 0.29) is 43.7 Å². The van der Waals surface area contributed by atoms with Crippen LogP contribution in [0.5, 0.6) is 11.5 Å². The number of carbonyl (C=O) groups is 2. The van der Waals surface area contributed by atoms with Gasteiger partial charge in [0, 0.05) is 87.8 Å². The number of fused-ring (bicyclic) bond motifs is 2. The molecule has 0 radical (unpaired) electrons. The molecule has 0 aliphatic carbocycles. The molecule has 0 amide bonds. The van der Waals surface area contributed by atoms with Gasteiger partial charge in [-0.15, -0.1) is 0 Å². The van der Waals surface area contributed by atoms with Crippen molar-refractivity contribution >= 4 is 65.4 Å². The van der Waals surface area contributed by atoms with E-state index < -0.39 is 19.7 Å². The summed E-state index contributed by atoms with van der Waals surface area (Å²) in [5.41, 5.74) is 4.07. The number of carbonyl (C=O) groups excluding carboxylic acids is 2. The largest absolute Gasteiger partial charge is 0.463 e. The van der Waals surface area contributed by atoms with E-state index in [1.54, 1.807) is 12.1 Å². The molecule has 0 unspecified atom stereocenters. The van der Waals surface area contributed by atoms with Gasteiger partial charge in [-0.2, -0.15) is 0 Å². The number of anilines is 6. The number of hydrogen-bond donors (Lipinski definition) is 0. The molecule has 0 N–H and O–H groups in total. The van der Waals surface area contributed by atoms with Crippen LogP contribution in [0.25, 0.3) is 0 Å². The lowest BCUT2D eigenvalue weighted by atomic mass is 9.79. The number of allylic oxidation sites excluding steroid dienone is 2. The van der Waals surface area contributed by atoms with Gasteiger partial charge in [-0.3, -0.25) is 9.59 Å². The Morgan fingerprint density at radius 2 is 0.861 bits per heavy atom. The molecular formula is C58H80N4O8S2. The molecule has 6 rings (SSSR count). The number of ether oxygens (including phenoxy) is 2. The topological polar surface area (TPSA) is 134 Å². The van der Waals surface area contributed by atoms with Crippen LogP contribution in [0.2, 0.25) is 0 Å². The fraction of sp³-hybridized carbons (Fsp3) is 0.483. The smallest absolute Gasteiger partial charge is 0.181 e. The Morgan fingerprint density at radius 3 is 1.14 bits per heavy atom. The van der Waals surface area contributed by atoms with Crippen LogP contribution in [0.1, 0.15) is 119 Å². The molecule has 0 spiro atoms. The summed E-state index contributed by atoms with van der Waals surface area (Å²) in [5.74, 6) is 0.747. The van der Waals surface area contributed by atoms with Gasteiger partial charge < -0.3 is 29.1 Å². The van der Waals surface area contributed by atoms with Crippen LogP contribution in [0, 0.1) is 10.8 Å². The van der Waals surface area contributed by atoms with Gasteiger partial charge in [-0.25, -0.2) is 16.8 Å². The number of para-hydroxylation sites is 2. The van der Waals surface area contributed by atoms with Crippen LogP contribution >= 0.6 is 0 Å². The van der Waals surface area contributed by atoms with E-state index in [2.05, 4.69) is 37.5 Å². The molecule has 0 saturated heterocycles. The highest BCUT2D eigenvalue weighted by Gasteiger charge is 2.44. The Labute approximate surface area is 431 Å². The van der Waals surface area contributed by atoms with Crippen LogP contribution in [0.3, 0.4) is 0 Å². The standard InChI is InChI=1S/2C29H40N2O4S/c2*1-6-8-16-29(17-9-7-2)21-31(24-13-11-10-12-14-24)26-19-25(30(4)5)27(35-18-15-23(3)32)20-28(26)36(33,34)22-29/h2*10-15,18-20H,6-9,16-17,21-22H2,1-5H3/b18-15+;18-15-. The summed E-state index contributed by atoms with van der Waals surface area (Å²) in [7, 11) is 0.337. The van der Waals surface area contributed by atoms with Gasteiger partial charge in [-0.05, 0) is 75.9 Å². The van der Waals surface area contributed by atoms with Crippen molar-refractivity contribution in [2.45, 2.75) is 128 Å². The summed E-state index contributed by atoms with van der Waals surface area (Å²) >= 11 is 0. The predicted molar refractivity (Wildman–Crippen MR) is 296 cm³/mol. The summed E-state index contributed by atoms with van der Waals surface area (Å²) in [4.78, 5) is 31.5. The maximum atomic E-state index is 14.1. The fourth-order valence-electron chi connectivity index (χ4n) is 9.92. The van der Waals surface area contributed by atoms with Crippen molar-refractivity contribution in [1.82, 2.24) is 0 Å². The minimum absolute atomic E-state index is 0.111. The zero-order chi connectivity index (χ0) is 52.7. The fourth-order valence-corrected chi connectivity index (χ4v) is 14.2. The maximum Gasteiger partial charge on any atom is 0.181 e. The molecule has 12 nitrogen and oxygen atoms in total. The van der Waals surface area contributed by atoms with Crippen molar-refractivity contribution in [3.63, 3.8) is 0 Å². The first-order valence-electron chi connectivity index (χ1n) is 25.7. The lowest BCUT2D eigenvalue weighted by Gasteiger charge is -2.37. The first-order valence-corrected chi connectivity index (χ1v) is 29.0. The van der Waals surface area contributed by atoms with E-state index in [0.29, 0.717) is 36.0 Å². The van der Waals surface area contributed by atoms with Crippen molar-refractivity contribution in [2.75, 3.05) is 72.4 Å². The molecule has 4 aromatic rings. The number of nitrogens with zero attached hydrogens (tertiary/aromatic N) is 4. The Balaban J connectivity index is 0.000000267. The second kappa shape index (κ2) is 25.9. The molecule has 392 valence electrons. The van der Waals surface area contributed by atoms with E-state index >= 15 is 0 Å². The average molecular weight is 1030 g/mol. The van der Waals surface area contributed by atoms with E-state index in [4.69, 9.17) is 9.47 Å². The summed E-state index contributed by atoms with van der Waals surface area (Å²) in [6.45, 7) is 12.8. The summed E-state index contributed by atoms with van der Waals surface area (Å²) in [5, 5.41) is 0. The van der Waals surface area contributed by atoms with E-state index in [0.717, 1.165) is 99.8 Å². The summed E-state index contributed by atoms with van der Waals surface area (Å²) in [6, 6.07) is 27.2. The zero-order valence-corrected chi connectivity index (χ0v) is 46.2. The lowest BCUT2D eigenvalue weighted by molar-refractivity contribution is -0.113. The molecule has 0 atom stereocenters. The number of benzene rings is 4. The van der Waals surface area contributed by atoms with Crippen molar-refractivity contribution < 1.29 is 35.9 Å².